The predicted octanol–water partition coefficient (Wildman–Crippen LogP) is -0.165. The molecule has 0 amide bonds. The lowest BCUT2D eigenvalue weighted by atomic mass is 9.97. The summed E-state index contributed by atoms with van der Waals surface area (Å²) in [6.45, 7) is 4.40. The van der Waals surface area contributed by atoms with Crippen LogP contribution in [-0.2, 0) is 14.9 Å². The molecule has 1 N–H and O–H groups in total. The van der Waals surface area contributed by atoms with Gasteiger partial charge in [0.15, 0.2) is 0 Å². The van der Waals surface area contributed by atoms with Crippen molar-refractivity contribution in [1.29, 1.82) is 0 Å². The Labute approximate surface area is 135 Å². The molecule has 1 aromatic rings. The first-order valence-electron chi connectivity index (χ1n) is 7.87. The lowest BCUT2D eigenvalue weighted by Crippen LogP contribution is -2.50. The third kappa shape index (κ3) is 3.63. The van der Waals surface area contributed by atoms with E-state index in [2.05, 4.69) is 9.97 Å². The molecule has 3 heterocycles. The highest BCUT2D eigenvalue weighted by atomic mass is 32.2. The van der Waals surface area contributed by atoms with Gasteiger partial charge in [-0.05, 0) is 19.8 Å². The van der Waals surface area contributed by atoms with Crippen molar-refractivity contribution in [3.05, 3.63) is 27.9 Å². The molecule has 8 nitrogen and oxygen atoms in total. The van der Waals surface area contributed by atoms with Crippen molar-refractivity contribution >= 4 is 10.2 Å². The zero-order valence-electron chi connectivity index (χ0n) is 13.2. The molecule has 2 aliphatic rings. The first kappa shape index (κ1) is 16.6. The first-order valence-corrected chi connectivity index (χ1v) is 9.27. The van der Waals surface area contributed by atoms with Gasteiger partial charge in [0.25, 0.3) is 15.8 Å². The molecule has 0 aromatic carbocycles. The van der Waals surface area contributed by atoms with E-state index in [1.807, 2.05) is 0 Å². The van der Waals surface area contributed by atoms with Crippen LogP contribution >= 0.6 is 0 Å². The molecular weight excluding hydrogens is 320 g/mol. The predicted molar refractivity (Wildman–Crippen MR) is 84.5 cm³/mol. The van der Waals surface area contributed by atoms with Gasteiger partial charge in [0, 0.05) is 43.9 Å². The number of piperidine rings is 1. The minimum atomic E-state index is -3.41. The third-order valence-corrected chi connectivity index (χ3v) is 6.39. The van der Waals surface area contributed by atoms with Crippen LogP contribution in [0.5, 0.6) is 0 Å². The molecule has 3 rings (SSSR count). The number of nitrogens with zero attached hydrogens (tertiary/aromatic N) is 3. The number of rotatable bonds is 3. The van der Waals surface area contributed by atoms with Crippen LogP contribution in [-0.4, -0.2) is 66.4 Å². The fourth-order valence-corrected chi connectivity index (χ4v) is 4.71. The molecule has 2 fully saturated rings. The quantitative estimate of drug-likeness (QED) is 0.823. The minimum absolute atomic E-state index is 0.0961. The maximum atomic E-state index is 12.6. The lowest BCUT2D eigenvalue weighted by Gasteiger charge is -2.35. The monoisotopic (exact) mass is 342 g/mol. The second-order valence-corrected chi connectivity index (χ2v) is 7.89. The molecule has 0 saturated carbocycles. The van der Waals surface area contributed by atoms with Gasteiger partial charge in [0.2, 0.25) is 0 Å². The highest BCUT2D eigenvalue weighted by Crippen LogP contribution is 2.27. The average Bonchev–Trinajstić information content (AvgIpc) is 2.55. The van der Waals surface area contributed by atoms with E-state index in [4.69, 9.17) is 4.74 Å². The Bertz CT molecular complexity index is 704. The van der Waals surface area contributed by atoms with E-state index in [1.54, 1.807) is 6.92 Å². The van der Waals surface area contributed by atoms with Crippen molar-refractivity contribution in [2.45, 2.75) is 25.7 Å². The molecule has 9 heteroatoms. The van der Waals surface area contributed by atoms with Gasteiger partial charge in [-0.25, -0.2) is 4.98 Å². The standard InChI is InChI=1S/C14H22N4O4S/c1-11-10-13(19)16-14(15-11)12-2-4-17(5-3-12)23(20,21)18-6-8-22-9-7-18/h10,12H,2-9H2,1H3,(H,15,16,19). The molecule has 1 aromatic heterocycles. The number of H-pyrrole nitrogens is 1. The van der Waals surface area contributed by atoms with Crippen molar-refractivity contribution in [1.82, 2.24) is 18.6 Å². The summed E-state index contributed by atoms with van der Waals surface area (Å²) in [6, 6.07) is 1.46. The third-order valence-electron chi connectivity index (χ3n) is 4.35. The number of hydrogen-bond acceptors (Lipinski definition) is 5. The zero-order valence-corrected chi connectivity index (χ0v) is 14.0. The topological polar surface area (TPSA) is 95.6 Å². The summed E-state index contributed by atoms with van der Waals surface area (Å²) >= 11 is 0. The summed E-state index contributed by atoms with van der Waals surface area (Å²) in [7, 11) is -3.41. The summed E-state index contributed by atoms with van der Waals surface area (Å²) in [5, 5.41) is 0. The van der Waals surface area contributed by atoms with Gasteiger partial charge in [-0.3, -0.25) is 4.79 Å². The average molecular weight is 342 g/mol. The number of nitrogens with one attached hydrogen (secondary N) is 1. The van der Waals surface area contributed by atoms with Gasteiger partial charge < -0.3 is 9.72 Å². The SMILES string of the molecule is Cc1cc(=O)[nH]c(C2CCN(S(=O)(=O)N3CCOCC3)CC2)n1. The van der Waals surface area contributed by atoms with Crippen LogP contribution in [0.25, 0.3) is 0 Å². The molecule has 128 valence electrons. The number of hydrogen-bond donors (Lipinski definition) is 1. The molecular formula is C14H22N4O4S. The molecule has 0 atom stereocenters. The Hall–Kier alpha value is -1.29. The van der Waals surface area contributed by atoms with Gasteiger partial charge in [-0.2, -0.15) is 17.0 Å². The van der Waals surface area contributed by atoms with Gasteiger partial charge in [0.05, 0.1) is 13.2 Å². The molecule has 0 radical (unpaired) electrons. The summed E-state index contributed by atoms with van der Waals surface area (Å²) < 4.78 is 33.5. The smallest absolute Gasteiger partial charge is 0.282 e. The molecule has 2 aliphatic heterocycles. The fraction of sp³-hybridized carbons (Fsp3) is 0.714. The van der Waals surface area contributed by atoms with Gasteiger partial charge >= 0.3 is 0 Å². The maximum absolute atomic E-state index is 12.6. The maximum Gasteiger partial charge on any atom is 0.282 e. The highest BCUT2D eigenvalue weighted by molar-refractivity contribution is 7.86. The van der Waals surface area contributed by atoms with E-state index in [0.717, 1.165) is 0 Å². The fourth-order valence-electron chi connectivity index (χ4n) is 3.10. The Balaban J connectivity index is 1.67. The summed E-state index contributed by atoms with van der Waals surface area (Å²) in [5.74, 6) is 0.761. The van der Waals surface area contributed by atoms with Crippen molar-refractivity contribution in [2.75, 3.05) is 39.4 Å². The van der Waals surface area contributed by atoms with E-state index in [0.29, 0.717) is 63.8 Å². The molecule has 23 heavy (non-hydrogen) atoms. The second-order valence-electron chi connectivity index (χ2n) is 5.96. The van der Waals surface area contributed by atoms with E-state index in [1.165, 1.54) is 14.7 Å². The Morgan fingerprint density at radius 3 is 2.39 bits per heavy atom. The van der Waals surface area contributed by atoms with Crippen LogP contribution in [0, 0.1) is 6.92 Å². The van der Waals surface area contributed by atoms with Crippen LogP contribution < -0.4 is 5.56 Å². The first-order chi connectivity index (χ1) is 11.0. The molecule has 0 aliphatic carbocycles. The number of ether oxygens (including phenoxy) is 1. The Kier molecular flexibility index (Phi) is 4.81. The van der Waals surface area contributed by atoms with Crippen LogP contribution in [0.2, 0.25) is 0 Å². The number of aryl methyl sites for hydroxylation is 1. The Morgan fingerprint density at radius 2 is 1.78 bits per heavy atom. The lowest BCUT2D eigenvalue weighted by molar-refractivity contribution is 0.0696. The van der Waals surface area contributed by atoms with Gasteiger partial charge in [-0.1, -0.05) is 0 Å². The summed E-state index contributed by atoms with van der Waals surface area (Å²) in [4.78, 5) is 18.7. The van der Waals surface area contributed by atoms with Gasteiger partial charge in [-0.15, -0.1) is 0 Å². The van der Waals surface area contributed by atoms with Crippen LogP contribution in [0.1, 0.15) is 30.3 Å². The van der Waals surface area contributed by atoms with E-state index >= 15 is 0 Å². The van der Waals surface area contributed by atoms with Crippen molar-refractivity contribution < 1.29 is 13.2 Å². The van der Waals surface area contributed by atoms with Crippen LogP contribution in [0.15, 0.2) is 10.9 Å². The summed E-state index contributed by atoms with van der Waals surface area (Å²) in [5.41, 5.74) is 0.531. The normalized spacial score (nSPS) is 22.3. The van der Waals surface area contributed by atoms with Crippen molar-refractivity contribution in [3.8, 4) is 0 Å². The zero-order chi connectivity index (χ0) is 16.4. The van der Waals surface area contributed by atoms with Crippen molar-refractivity contribution in [2.24, 2.45) is 0 Å². The molecule has 0 unspecified atom stereocenters. The number of aromatic nitrogens is 2. The minimum Gasteiger partial charge on any atom is -0.379 e. The molecule has 0 spiro atoms. The van der Waals surface area contributed by atoms with Gasteiger partial charge in [0.1, 0.15) is 5.82 Å². The largest absolute Gasteiger partial charge is 0.379 e. The summed E-state index contributed by atoms with van der Waals surface area (Å²) in [6.07, 6.45) is 1.33. The second kappa shape index (κ2) is 6.68. The highest BCUT2D eigenvalue weighted by Gasteiger charge is 2.34. The van der Waals surface area contributed by atoms with Crippen LogP contribution in [0.4, 0.5) is 0 Å². The van der Waals surface area contributed by atoms with E-state index in [9.17, 15) is 13.2 Å². The molecule has 0 bridgehead atoms. The van der Waals surface area contributed by atoms with Crippen molar-refractivity contribution in [3.63, 3.8) is 0 Å². The molecule has 2 saturated heterocycles. The number of morpholine rings is 1. The van der Waals surface area contributed by atoms with E-state index < -0.39 is 10.2 Å². The van der Waals surface area contributed by atoms with E-state index in [-0.39, 0.29) is 11.5 Å². The number of aromatic amines is 1. The Morgan fingerprint density at radius 1 is 1.17 bits per heavy atom. The van der Waals surface area contributed by atoms with Crippen LogP contribution in [0.3, 0.4) is 0 Å².